The zero-order chi connectivity index (χ0) is 11.7. The summed E-state index contributed by atoms with van der Waals surface area (Å²) in [5.41, 5.74) is 0. The van der Waals surface area contributed by atoms with Gasteiger partial charge in [0, 0.05) is 25.9 Å². The normalized spacial score (nSPS) is 9.67. The van der Waals surface area contributed by atoms with Crippen LogP contribution in [0.25, 0.3) is 0 Å². The number of rotatable bonds is 8. The Morgan fingerprint density at radius 2 is 2.07 bits per heavy atom. The SMILES string of the molecule is C=CCN(CCC)C(=O)CCCC(=O)O. The third-order valence-electron chi connectivity index (χ3n) is 1.98. The second-order valence-corrected chi connectivity index (χ2v) is 3.38. The van der Waals surface area contributed by atoms with Crippen molar-refractivity contribution in [1.82, 2.24) is 4.90 Å². The van der Waals surface area contributed by atoms with E-state index in [4.69, 9.17) is 5.11 Å². The van der Waals surface area contributed by atoms with Gasteiger partial charge in [-0.2, -0.15) is 0 Å². The molecule has 4 heteroatoms. The summed E-state index contributed by atoms with van der Waals surface area (Å²) >= 11 is 0. The molecule has 0 fully saturated rings. The molecule has 0 radical (unpaired) electrons. The first-order chi connectivity index (χ1) is 7.11. The molecule has 0 aromatic rings. The van der Waals surface area contributed by atoms with Crippen molar-refractivity contribution < 1.29 is 14.7 Å². The molecule has 0 rings (SSSR count). The molecule has 0 bridgehead atoms. The van der Waals surface area contributed by atoms with E-state index in [1.54, 1.807) is 11.0 Å². The zero-order valence-corrected chi connectivity index (χ0v) is 9.24. The zero-order valence-electron chi connectivity index (χ0n) is 9.24. The number of nitrogens with zero attached hydrogens (tertiary/aromatic N) is 1. The van der Waals surface area contributed by atoms with E-state index in [0.29, 0.717) is 25.9 Å². The van der Waals surface area contributed by atoms with Crippen LogP contribution in [-0.2, 0) is 9.59 Å². The van der Waals surface area contributed by atoms with Crippen LogP contribution in [0.4, 0.5) is 0 Å². The Bertz CT molecular complexity index is 226. The fourth-order valence-corrected chi connectivity index (χ4v) is 1.29. The minimum absolute atomic E-state index is 0.0120. The summed E-state index contributed by atoms with van der Waals surface area (Å²) in [5, 5.41) is 8.43. The fourth-order valence-electron chi connectivity index (χ4n) is 1.29. The van der Waals surface area contributed by atoms with Crippen molar-refractivity contribution >= 4 is 11.9 Å². The lowest BCUT2D eigenvalue weighted by Crippen LogP contribution is -2.31. The molecule has 0 aromatic heterocycles. The van der Waals surface area contributed by atoms with E-state index in [2.05, 4.69) is 6.58 Å². The number of amides is 1. The Labute approximate surface area is 90.6 Å². The lowest BCUT2D eigenvalue weighted by Gasteiger charge is -2.20. The van der Waals surface area contributed by atoms with E-state index in [-0.39, 0.29) is 12.3 Å². The average Bonchev–Trinajstić information content (AvgIpc) is 2.16. The van der Waals surface area contributed by atoms with Gasteiger partial charge in [0.25, 0.3) is 0 Å². The van der Waals surface area contributed by atoms with Crippen LogP contribution in [0.2, 0.25) is 0 Å². The van der Waals surface area contributed by atoms with E-state index in [1.165, 1.54) is 0 Å². The maximum Gasteiger partial charge on any atom is 0.303 e. The minimum atomic E-state index is -0.853. The van der Waals surface area contributed by atoms with Gasteiger partial charge in [0.1, 0.15) is 0 Å². The summed E-state index contributed by atoms with van der Waals surface area (Å²) in [5.74, 6) is -0.841. The first kappa shape index (κ1) is 13.7. The van der Waals surface area contributed by atoms with Crippen molar-refractivity contribution in [3.05, 3.63) is 12.7 Å². The number of carboxylic acids is 1. The fraction of sp³-hybridized carbons (Fsp3) is 0.636. The number of aliphatic carboxylic acids is 1. The van der Waals surface area contributed by atoms with E-state index >= 15 is 0 Å². The predicted octanol–water partition coefficient (Wildman–Crippen LogP) is 1.67. The van der Waals surface area contributed by atoms with Crippen LogP contribution < -0.4 is 0 Å². The van der Waals surface area contributed by atoms with Crippen LogP contribution in [0.1, 0.15) is 32.6 Å². The van der Waals surface area contributed by atoms with Crippen LogP contribution in [-0.4, -0.2) is 35.0 Å². The maximum atomic E-state index is 11.6. The molecule has 0 aliphatic rings. The number of hydrogen-bond donors (Lipinski definition) is 1. The summed E-state index contributed by atoms with van der Waals surface area (Å²) in [6.07, 6.45) is 3.36. The molecule has 0 aliphatic heterocycles. The molecule has 0 heterocycles. The molecule has 15 heavy (non-hydrogen) atoms. The molecule has 0 spiro atoms. The van der Waals surface area contributed by atoms with Crippen molar-refractivity contribution in [1.29, 1.82) is 0 Å². The van der Waals surface area contributed by atoms with E-state index < -0.39 is 5.97 Å². The van der Waals surface area contributed by atoms with Crippen molar-refractivity contribution in [2.45, 2.75) is 32.6 Å². The molecular formula is C11H19NO3. The third-order valence-corrected chi connectivity index (χ3v) is 1.98. The largest absolute Gasteiger partial charge is 0.481 e. The van der Waals surface area contributed by atoms with Gasteiger partial charge >= 0.3 is 5.97 Å². The highest BCUT2D eigenvalue weighted by Gasteiger charge is 2.11. The Hall–Kier alpha value is -1.32. The summed E-state index contributed by atoms with van der Waals surface area (Å²) in [6.45, 7) is 6.83. The summed E-state index contributed by atoms with van der Waals surface area (Å²) in [6, 6.07) is 0. The first-order valence-electron chi connectivity index (χ1n) is 5.22. The Morgan fingerprint density at radius 1 is 1.40 bits per heavy atom. The Balaban J connectivity index is 3.90. The van der Waals surface area contributed by atoms with Crippen LogP contribution >= 0.6 is 0 Å². The third kappa shape index (κ3) is 6.71. The molecule has 86 valence electrons. The van der Waals surface area contributed by atoms with Gasteiger partial charge in [-0.15, -0.1) is 6.58 Å². The second kappa shape index (κ2) is 8.03. The van der Waals surface area contributed by atoms with E-state index in [9.17, 15) is 9.59 Å². The molecule has 0 aliphatic carbocycles. The van der Waals surface area contributed by atoms with Crippen molar-refractivity contribution in [3.8, 4) is 0 Å². The predicted molar refractivity (Wildman–Crippen MR) is 58.6 cm³/mol. The standard InChI is InChI=1S/C11H19NO3/c1-3-8-12(9-4-2)10(13)6-5-7-11(14)15/h3H,1,4-9H2,2H3,(H,14,15). The number of carbonyl (C=O) groups excluding carboxylic acids is 1. The maximum absolute atomic E-state index is 11.6. The van der Waals surface area contributed by atoms with Gasteiger partial charge in [-0.1, -0.05) is 13.0 Å². The van der Waals surface area contributed by atoms with Gasteiger partial charge in [-0.05, 0) is 12.8 Å². The van der Waals surface area contributed by atoms with Crippen LogP contribution in [0.15, 0.2) is 12.7 Å². The highest BCUT2D eigenvalue weighted by Crippen LogP contribution is 2.02. The molecule has 0 saturated heterocycles. The van der Waals surface area contributed by atoms with Gasteiger partial charge in [0.15, 0.2) is 0 Å². The van der Waals surface area contributed by atoms with E-state index in [0.717, 1.165) is 6.42 Å². The quantitative estimate of drug-likeness (QED) is 0.624. The highest BCUT2D eigenvalue weighted by atomic mass is 16.4. The lowest BCUT2D eigenvalue weighted by atomic mass is 10.2. The van der Waals surface area contributed by atoms with Gasteiger partial charge in [-0.25, -0.2) is 0 Å². The van der Waals surface area contributed by atoms with Gasteiger partial charge in [-0.3, -0.25) is 9.59 Å². The van der Waals surface area contributed by atoms with Gasteiger partial charge < -0.3 is 10.0 Å². The molecule has 0 saturated carbocycles. The Morgan fingerprint density at radius 3 is 2.53 bits per heavy atom. The molecule has 4 nitrogen and oxygen atoms in total. The molecule has 1 amide bonds. The minimum Gasteiger partial charge on any atom is -0.481 e. The molecular weight excluding hydrogens is 194 g/mol. The molecule has 0 unspecified atom stereocenters. The number of carboxylic acid groups (broad SMARTS) is 1. The Kier molecular flexibility index (Phi) is 7.32. The summed E-state index contributed by atoms with van der Waals surface area (Å²) in [7, 11) is 0. The number of hydrogen-bond acceptors (Lipinski definition) is 2. The highest BCUT2D eigenvalue weighted by molar-refractivity contribution is 5.77. The summed E-state index contributed by atoms with van der Waals surface area (Å²) in [4.78, 5) is 23.6. The van der Waals surface area contributed by atoms with Crippen LogP contribution in [0, 0.1) is 0 Å². The lowest BCUT2D eigenvalue weighted by molar-refractivity contribution is -0.137. The van der Waals surface area contributed by atoms with Crippen LogP contribution in [0.3, 0.4) is 0 Å². The smallest absolute Gasteiger partial charge is 0.303 e. The van der Waals surface area contributed by atoms with Crippen molar-refractivity contribution in [2.75, 3.05) is 13.1 Å². The van der Waals surface area contributed by atoms with Crippen LogP contribution in [0.5, 0.6) is 0 Å². The summed E-state index contributed by atoms with van der Waals surface area (Å²) < 4.78 is 0. The molecule has 0 aromatic carbocycles. The second-order valence-electron chi connectivity index (χ2n) is 3.38. The van der Waals surface area contributed by atoms with E-state index in [1.807, 2.05) is 6.92 Å². The first-order valence-corrected chi connectivity index (χ1v) is 5.22. The number of carbonyl (C=O) groups is 2. The van der Waals surface area contributed by atoms with Crippen molar-refractivity contribution in [2.24, 2.45) is 0 Å². The average molecular weight is 213 g/mol. The topological polar surface area (TPSA) is 57.6 Å². The van der Waals surface area contributed by atoms with Crippen molar-refractivity contribution in [3.63, 3.8) is 0 Å². The van der Waals surface area contributed by atoms with Gasteiger partial charge in [0.05, 0.1) is 0 Å². The van der Waals surface area contributed by atoms with Gasteiger partial charge in [0.2, 0.25) is 5.91 Å². The molecule has 1 N–H and O–H groups in total. The molecule has 0 atom stereocenters. The monoisotopic (exact) mass is 213 g/mol.